The third-order valence-electron chi connectivity index (χ3n) is 2.86. The summed E-state index contributed by atoms with van der Waals surface area (Å²) in [5, 5.41) is 8.83. The van der Waals surface area contributed by atoms with Crippen LogP contribution >= 0.6 is 0 Å². The van der Waals surface area contributed by atoms with Crippen molar-refractivity contribution in [2.24, 2.45) is 5.92 Å². The topological polar surface area (TPSA) is 66.8 Å². The van der Waals surface area contributed by atoms with E-state index in [0.717, 1.165) is 6.54 Å². The number of likely N-dealkylation sites (N-methyl/N-ethyl adjacent to an activating group) is 1. The average molecular weight is 229 g/mol. The molecule has 1 aliphatic rings. The molecule has 0 aromatic carbocycles. The zero-order valence-corrected chi connectivity index (χ0v) is 9.81. The van der Waals surface area contributed by atoms with Gasteiger partial charge in [-0.3, -0.25) is 14.5 Å². The summed E-state index contributed by atoms with van der Waals surface area (Å²) in [5.41, 5.74) is 0. The van der Waals surface area contributed by atoms with Gasteiger partial charge in [-0.25, -0.2) is 0 Å². The monoisotopic (exact) mass is 229 g/mol. The van der Waals surface area contributed by atoms with Gasteiger partial charge in [0.15, 0.2) is 5.78 Å². The molecule has 1 N–H and O–H groups in total. The summed E-state index contributed by atoms with van der Waals surface area (Å²) in [6, 6.07) is -0.268. The first-order chi connectivity index (χ1) is 7.54. The summed E-state index contributed by atoms with van der Waals surface area (Å²) in [7, 11) is 1.86. The summed E-state index contributed by atoms with van der Waals surface area (Å²) >= 11 is 0. The zero-order chi connectivity index (χ0) is 12.1. The maximum absolute atomic E-state index is 11.6. The molecular formula is C11H19NO4. The van der Waals surface area contributed by atoms with Gasteiger partial charge < -0.3 is 9.84 Å². The predicted octanol–water partition coefficient (Wildman–Crippen LogP) is -0.179. The number of rotatable bonds is 5. The van der Waals surface area contributed by atoms with Crippen LogP contribution in [0.4, 0.5) is 0 Å². The van der Waals surface area contributed by atoms with Gasteiger partial charge in [0.1, 0.15) is 12.6 Å². The first-order valence-corrected chi connectivity index (χ1v) is 5.51. The minimum Gasteiger partial charge on any atom is -0.457 e. The number of aliphatic hydroxyl groups excluding tert-OH is 1. The molecule has 1 heterocycles. The van der Waals surface area contributed by atoms with Crippen LogP contribution in [-0.2, 0) is 14.3 Å². The fraction of sp³-hybridized carbons (Fsp3) is 0.818. The smallest absolute Gasteiger partial charge is 0.323 e. The highest BCUT2D eigenvalue weighted by molar-refractivity contribution is 5.82. The molecule has 0 saturated carbocycles. The molecule has 2 atom stereocenters. The average Bonchev–Trinajstić information content (AvgIpc) is 2.56. The van der Waals surface area contributed by atoms with Crippen LogP contribution in [-0.4, -0.2) is 54.6 Å². The third kappa shape index (κ3) is 3.57. The van der Waals surface area contributed by atoms with E-state index in [2.05, 4.69) is 0 Å². The van der Waals surface area contributed by atoms with E-state index in [1.165, 1.54) is 6.92 Å². The van der Waals surface area contributed by atoms with Crippen molar-refractivity contribution >= 4 is 11.8 Å². The summed E-state index contributed by atoms with van der Waals surface area (Å²) in [4.78, 5) is 24.2. The summed E-state index contributed by atoms with van der Waals surface area (Å²) in [6.45, 7) is 2.18. The van der Waals surface area contributed by atoms with Crippen LogP contribution in [0.25, 0.3) is 0 Å². The van der Waals surface area contributed by atoms with Crippen molar-refractivity contribution < 1.29 is 19.4 Å². The van der Waals surface area contributed by atoms with Crippen molar-refractivity contribution in [3.05, 3.63) is 0 Å². The van der Waals surface area contributed by atoms with Gasteiger partial charge in [-0.2, -0.15) is 0 Å². The fourth-order valence-electron chi connectivity index (χ4n) is 2.04. The van der Waals surface area contributed by atoms with Gasteiger partial charge in [-0.15, -0.1) is 0 Å². The van der Waals surface area contributed by atoms with Crippen molar-refractivity contribution in [1.82, 2.24) is 4.90 Å². The van der Waals surface area contributed by atoms with Crippen LogP contribution in [0.5, 0.6) is 0 Å². The van der Waals surface area contributed by atoms with Gasteiger partial charge in [0.2, 0.25) is 0 Å². The molecule has 1 aliphatic heterocycles. The molecule has 0 aliphatic carbocycles. The highest BCUT2D eigenvalue weighted by atomic mass is 16.5. The van der Waals surface area contributed by atoms with E-state index in [-0.39, 0.29) is 31.0 Å². The van der Waals surface area contributed by atoms with Crippen molar-refractivity contribution in [3.8, 4) is 0 Å². The predicted molar refractivity (Wildman–Crippen MR) is 57.9 cm³/mol. The number of aliphatic hydroxyl groups is 1. The van der Waals surface area contributed by atoms with Crippen LogP contribution in [0.1, 0.15) is 19.8 Å². The highest BCUT2D eigenvalue weighted by Crippen LogP contribution is 2.24. The van der Waals surface area contributed by atoms with Crippen molar-refractivity contribution in [1.29, 1.82) is 0 Å². The molecule has 1 fully saturated rings. The molecule has 0 aromatic rings. The Morgan fingerprint density at radius 3 is 2.75 bits per heavy atom. The number of likely N-dealkylation sites (tertiary alicyclic amines) is 1. The molecule has 5 nitrogen and oxygen atoms in total. The van der Waals surface area contributed by atoms with Gasteiger partial charge in [0.05, 0.1) is 0 Å². The van der Waals surface area contributed by atoms with E-state index in [9.17, 15) is 9.59 Å². The standard InChI is InChI=1S/C11H19NO4/c1-8(14)7-16-11(15)10-5-9(3-4-13)6-12(10)2/h9-10,13H,3-7H2,1-2H3/t9-,10-/m0/s1. The van der Waals surface area contributed by atoms with E-state index >= 15 is 0 Å². The quantitative estimate of drug-likeness (QED) is 0.662. The molecule has 0 radical (unpaired) electrons. The Bertz CT molecular complexity index is 267. The molecule has 0 bridgehead atoms. The number of hydrogen-bond donors (Lipinski definition) is 1. The number of ketones is 1. The minimum atomic E-state index is -0.335. The maximum atomic E-state index is 11.6. The second kappa shape index (κ2) is 5.96. The summed E-state index contributed by atoms with van der Waals surface area (Å²) < 4.78 is 4.89. The Kier molecular flexibility index (Phi) is 4.89. The van der Waals surface area contributed by atoms with Crippen LogP contribution in [0.2, 0.25) is 0 Å². The van der Waals surface area contributed by atoms with E-state index in [0.29, 0.717) is 18.8 Å². The molecule has 92 valence electrons. The Morgan fingerprint density at radius 2 is 2.19 bits per heavy atom. The van der Waals surface area contributed by atoms with E-state index in [4.69, 9.17) is 9.84 Å². The first-order valence-electron chi connectivity index (χ1n) is 5.51. The SMILES string of the molecule is CC(=O)COC(=O)[C@@H]1C[C@H](CCO)CN1C. The van der Waals surface area contributed by atoms with E-state index < -0.39 is 0 Å². The van der Waals surface area contributed by atoms with Gasteiger partial charge in [0.25, 0.3) is 0 Å². The second-order valence-corrected chi connectivity index (χ2v) is 4.38. The molecule has 1 saturated heterocycles. The lowest BCUT2D eigenvalue weighted by Crippen LogP contribution is -2.35. The highest BCUT2D eigenvalue weighted by Gasteiger charge is 2.35. The lowest BCUT2D eigenvalue weighted by atomic mass is 10.0. The Morgan fingerprint density at radius 1 is 1.50 bits per heavy atom. The van der Waals surface area contributed by atoms with E-state index in [1.54, 1.807) is 0 Å². The molecule has 0 aromatic heterocycles. The molecular weight excluding hydrogens is 210 g/mol. The van der Waals surface area contributed by atoms with Crippen molar-refractivity contribution in [2.45, 2.75) is 25.8 Å². The van der Waals surface area contributed by atoms with Crippen LogP contribution in [0.15, 0.2) is 0 Å². The van der Waals surface area contributed by atoms with Crippen molar-refractivity contribution in [3.63, 3.8) is 0 Å². The molecule has 5 heteroatoms. The maximum Gasteiger partial charge on any atom is 0.323 e. The lowest BCUT2D eigenvalue weighted by Gasteiger charge is -2.16. The Hall–Kier alpha value is -0.940. The number of Topliss-reactive ketones (excluding diaryl/α,β-unsaturated/α-hetero) is 1. The zero-order valence-electron chi connectivity index (χ0n) is 9.81. The normalized spacial score (nSPS) is 25.7. The number of ether oxygens (including phenoxy) is 1. The Balaban J connectivity index is 2.41. The van der Waals surface area contributed by atoms with E-state index in [1.807, 2.05) is 11.9 Å². The van der Waals surface area contributed by atoms with Gasteiger partial charge in [-0.05, 0) is 32.7 Å². The number of carbonyl (C=O) groups excluding carboxylic acids is 2. The largest absolute Gasteiger partial charge is 0.457 e. The molecule has 0 spiro atoms. The van der Waals surface area contributed by atoms with Gasteiger partial charge in [-0.1, -0.05) is 0 Å². The number of esters is 1. The summed E-state index contributed by atoms with van der Waals surface area (Å²) in [5.74, 6) is -0.149. The number of nitrogens with zero attached hydrogens (tertiary/aromatic N) is 1. The third-order valence-corrected chi connectivity index (χ3v) is 2.86. The number of hydrogen-bond acceptors (Lipinski definition) is 5. The van der Waals surface area contributed by atoms with Gasteiger partial charge >= 0.3 is 5.97 Å². The lowest BCUT2D eigenvalue weighted by molar-refractivity contribution is -0.151. The molecule has 0 unspecified atom stereocenters. The van der Waals surface area contributed by atoms with Crippen LogP contribution in [0, 0.1) is 5.92 Å². The van der Waals surface area contributed by atoms with Crippen molar-refractivity contribution in [2.75, 3.05) is 26.8 Å². The fourth-order valence-corrected chi connectivity index (χ4v) is 2.04. The second-order valence-electron chi connectivity index (χ2n) is 4.38. The Labute approximate surface area is 95.4 Å². The van der Waals surface area contributed by atoms with Crippen LogP contribution < -0.4 is 0 Å². The summed E-state index contributed by atoms with van der Waals surface area (Å²) in [6.07, 6.45) is 1.41. The molecule has 16 heavy (non-hydrogen) atoms. The molecule has 1 rings (SSSR count). The first kappa shape index (κ1) is 13.1. The number of carbonyl (C=O) groups is 2. The minimum absolute atomic E-state index is 0.145. The van der Waals surface area contributed by atoms with Crippen LogP contribution in [0.3, 0.4) is 0 Å². The van der Waals surface area contributed by atoms with Gasteiger partial charge in [0, 0.05) is 13.2 Å². The molecule has 0 amide bonds.